The Labute approximate surface area is 224 Å². The van der Waals surface area contributed by atoms with Gasteiger partial charge in [-0.1, -0.05) is 24.3 Å². The van der Waals surface area contributed by atoms with Gasteiger partial charge in [0.25, 0.3) is 0 Å². The SMILES string of the molecule is CCOC(=O)C1CCN(S(=O)(=O)c2cccc3c(S(=O)(=O)N4CCC(C(=O)OCC)CC4)cccc23)CC1. The van der Waals surface area contributed by atoms with E-state index in [1.165, 1.54) is 20.7 Å². The van der Waals surface area contributed by atoms with E-state index in [1.54, 1.807) is 38.1 Å². The topological polar surface area (TPSA) is 127 Å². The summed E-state index contributed by atoms with van der Waals surface area (Å²) in [6.45, 7) is 4.73. The van der Waals surface area contributed by atoms with Crippen LogP contribution < -0.4 is 0 Å². The van der Waals surface area contributed by atoms with Crippen LogP contribution in [0.3, 0.4) is 0 Å². The Kier molecular flexibility index (Phi) is 8.75. The number of carbonyl (C=O) groups is 2. The average molecular weight is 567 g/mol. The van der Waals surface area contributed by atoms with Crippen LogP contribution in [0.5, 0.6) is 0 Å². The van der Waals surface area contributed by atoms with E-state index >= 15 is 0 Å². The van der Waals surface area contributed by atoms with Gasteiger partial charge in [0.2, 0.25) is 20.0 Å². The highest BCUT2D eigenvalue weighted by Crippen LogP contribution is 2.34. The summed E-state index contributed by atoms with van der Waals surface area (Å²) in [5.74, 6) is -1.29. The lowest BCUT2D eigenvalue weighted by Gasteiger charge is -2.31. The summed E-state index contributed by atoms with van der Waals surface area (Å²) >= 11 is 0. The lowest BCUT2D eigenvalue weighted by Crippen LogP contribution is -2.41. The summed E-state index contributed by atoms with van der Waals surface area (Å²) in [6, 6.07) is 9.28. The first kappa shape index (κ1) is 28.5. The molecule has 2 heterocycles. The number of rotatable bonds is 8. The van der Waals surface area contributed by atoms with Crippen molar-refractivity contribution in [1.29, 1.82) is 0 Å². The van der Waals surface area contributed by atoms with Crippen LogP contribution >= 0.6 is 0 Å². The second kappa shape index (κ2) is 11.7. The van der Waals surface area contributed by atoms with Gasteiger partial charge in [0.05, 0.1) is 34.8 Å². The van der Waals surface area contributed by atoms with Crippen LogP contribution in [0.4, 0.5) is 0 Å². The van der Waals surface area contributed by atoms with Gasteiger partial charge in [0.1, 0.15) is 0 Å². The van der Waals surface area contributed by atoms with Gasteiger partial charge >= 0.3 is 11.9 Å². The zero-order valence-electron chi connectivity index (χ0n) is 21.7. The molecule has 208 valence electrons. The fraction of sp³-hybridized carbons (Fsp3) is 0.538. The first-order chi connectivity index (χ1) is 18.1. The van der Waals surface area contributed by atoms with Crippen LogP contribution in [0.25, 0.3) is 10.8 Å². The molecule has 10 nitrogen and oxygen atoms in total. The molecular formula is C26H34N2O8S2. The molecule has 0 aliphatic carbocycles. The number of piperidine rings is 2. The summed E-state index contributed by atoms with van der Waals surface area (Å²) in [6.07, 6.45) is 1.46. The van der Waals surface area contributed by atoms with Gasteiger partial charge in [-0.2, -0.15) is 8.61 Å². The van der Waals surface area contributed by atoms with Crippen molar-refractivity contribution >= 4 is 42.8 Å². The van der Waals surface area contributed by atoms with Crippen LogP contribution in [0.15, 0.2) is 46.2 Å². The molecule has 0 spiro atoms. The van der Waals surface area contributed by atoms with Gasteiger partial charge in [0.15, 0.2) is 0 Å². The number of ether oxygens (including phenoxy) is 2. The van der Waals surface area contributed by atoms with Gasteiger partial charge < -0.3 is 9.47 Å². The zero-order chi connectivity index (χ0) is 27.5. The van der Waals surface area contributed by atoms with E-state index in [9.17, 15) is 26.4 Å². The van der Waals surface area contributed by atoms with Gasteiger partial charge in [0, 0.05) is 37.0 Å². The Bertz CT molecular complexity index is 1280. The molecule has 2 aliphatic rings. The predicted molar refractivity (Wildman–Crippen MR) is 140 cm³/mol. The molecule has 2 saturated heterocycles. The number of hydrogen-bond acceptors (Lipinski definition) is 8. The molecule has 0 saturated carbocycles. The lowest BCUT2D eigenvalue weighted by atomic mass is 9.98. The maximum atomic E-state index is 13.6. The standard InChI is InChI=1S/C26H34N2O8S2/c1-3-35-25(29)19-11-15-27(16-12-19)37(31,32)23-9-5-8-22-21(23)7-6-10-24(22)38(33,34)28-17-13-20(14-18-28)26(30)36-4-2/h5-10,19-20H,3-4,11-18H2,1-2H3. The quantitative estimate of drug-likeness (QED) is 0.447. The summed E-state index contributed by atoms with van der Waals surface area (Å²) in [7, 11) is -7.88. The Morgan fingerprint density at radius 3 is 1.34 bits per heavy atom. The Hall–Kier alpha value is -2.54. The molecule has 0 atom stereocenters. The van der Waals surface area contributed by atoms with Crippen molar-refractivity contribution in [1.82, 2.24) is 8.61 Å². The molecule has 0 unspecified atom stereocenters. The van der Waals surface area contributed by atoms with E-state index in [2.05, 4.69) is 0 Å². The fourth-order valence-electron chi connectivity index (χ4n) is 5.16. The summed E-state index contributed by atoms with van der Waals surface area (Å²) in [5.41, 5.74) is 0. The maximum absolute atomic E-state index is 13.6. The molecule has 0 amide bonds. The van der Waals surface area contributed by atoms with E-state index in [1.807, 2.05) is 0 Å². The van der Waals surface area contributed by atoms with Crippen molar-refractivity contribution in [3.05, 3.63) is 36.4 Å². The second-order valence-corrected chi connectivity index (χ2v) is 13.3. The molecule has 2 fully saturated rings. The van der Waals surface area contributed by atoms with Crippen molar-refractivity contribution in [3.8, 4) is 0 Å². The summed E-state index contributed by atoms with van der Waals surface area (Å²) in [4.78, 5) is 24.2. The zero-order valence-corrected chi connectivity index (χ0v) is 23.3. The van der Waals surface area contributed by atoms with Crippen LogP contribution in [0.2, 0.25) is 0 Å². The van der Waals surface area contributed by atoms with Crippen LogP contribution in [-0.4, -0.2) is 76.8 Å². The van der Waals surface area contributed by atoms with Crippen LogP contribution in [-0.2, 0) is 39.1 Å². The van der Waals surface area contributed by atoms with Crippen LogP contribution in [0.1, 0.15) is 39.5 Å². The summed E-state index contributed by atoms with van der Waals surface area (Å²) < 4.78 is 67.3. The molecule has 38 heavy (non-hydrogen) atoms. The normalized spacial score (nSPS) is 18.9. The van der Waals surface area contributed by atoms with Crippen molar-refractivity contribution in [2.45, 2.75) is 49.3 Å². The van der Waals surface area contributed by atoms with Crippen molar-refractivity contribution in [2.24, 2.45) is 11.8 Å². The largest absolute Gasteiger partial charge is 0.466 e. The molecule has 12 heteroatoms. The average Bonchev–Trinajstić information content (AvgIpc) is 2.92. The first-order valence-corrected chi connectivity index (χ1v) is 15.8. The number of sulfonamides is 2. The fourth-order valence-corrected chi connectivity index (χ4v) is 8.52. The monoisotopic (exact) mass is 566 g/mol. The van der Waals surface area contributed by atoms with Gasteiger partial charge in [-0.25, -0.2) is 16.8 Å². The van der Waals surface area contributed by atoms with Gasteiger partial charge in [-0.05, 0) is 51.7 Å². The third kappa shape index (κ3) is 5.58. The number of benzene rings is 2. The molecule has 2 aromatic carbocycles. The molecule has 2 aromatic rings. The van der Waals surface area contributed by atoms with E-state index < -0.39 is 20.0 Å². The number of fused-ring (bicyclic) bond motifs is 1. The Balaban J connectivity index is 1.59. The Morgan fingerprint density at radius 2 is 1.03 bits per heavy atom. The highest BCUT2D eigenvalue weighted by molar-refractivity contribution is 7.89. The molecule has 0 radical (unpaired) electrons. The van der Waals surface area contributed by atoms with Crippen molar-refractivity contribution < 1.29 is 35.9 Å². The lowest BCUT2D eigenvalue weighted by molar-refractivity contribution is -0.150. The highest BCUT2D eigenvalue weighted by Gasteiger charge is 2.36. The molecule has 4 rings (SSSR count). The van der Waals surface area contributed by atoms with Gasteiger partial charge in [-0.15, -0.1) is 0 Å². The molecule has 0 N–H and O–H groups in total. The third-order valence-electron chi connectivity index (χ3n) is 7.23. The van der Waals surface area contributed by atoms with Gasteiger partial charge in [-0.3, -0.25) is 9.59 Å². The first-order valence-electron chi connectivity index (χ1n) is 13.0. The molecular weight excluding hydrogens is 532 g/mol. The number of carbonyl (C=O) groups excluding carboxylic acids is 2. The molecule has 2 aliphatic heterocycles. The maximum Gasteiger partial charge on any atom is 0.309 e. The van der Waals surface area contributed by atoms with E-state index in [0.717, 1.165) is 0 Å². The van der Waals surface area contributed by atoms with E-state index in [4.69, 9.17) is 9.47 Å². The smallest absolute Gasteiger partial charge is 0.309 e. The number of hydrogen-bond donors (Lipinski definition) is 0. The minimum atomic E-state index is -3.94. The number of esters is 2. The van der Waals surface area contributed by atoms with E-state index in [-0.39, 0.29) is 73.0 Å². The second-order valence-electron chi connectivity index (χ2n) is 9.47. The minimum absolute atomic E-state index is 0.0302. The molecule has 0 bridgehead atoms. The molecule has 0 aromatic heterocycles. The number of nitrogens with zero attached hydrogens (tertiary/aromatic N) is 2. The Morgan fingerprint density at radius 1 is 0.684 bits per heavy atom. The van der Waals surface area contributed by atoms with Crippen LogP contribution in [0, 0.1) is 11.8 Å². The summed E-state index contributed by atoms with van der Waals surface area (Å²) in [5, 5.41) is 0.644. The highest BCUT2D eigenvalue weighted by atomic mass is 32.2. The van der Waals surface area contributed by atoms with E-state index in [0.29, 0.717) is 36.5 Å². The third-order valence-corrected chi connectivity index (χ3v) is 11.1. The van der Waals surface area contributed by atoms with Crippen molar-refractivity contribution in [2.75, 3.05) is 39.4 Å². The van der Waals surface area contributed by atoms with Crippen molar-refractivity contribution in [3.63, 3.8) is 0 Å². The predicted octanol–water partition coefficient (Wildman–Crippen LogP) is 2.77. The minimum Gasteiger partial charge on any atom is -0.466 e.